The van der Waals surface area contributed by atoms with E-state index in [1.165, 1.54) is 12.1 Å². The van der Waals surface area contributed by atoms with E-state index in [1.807, 2.05) is 32.0 Å². The summed E-state index contributed by atoms with van der Waals surface area (Å²) in [5.41, 5.74) is 4.68. The van der Waals surface area contributed by atoms with Crippen LogP contribution in [0.3, 0.4) is 0 Å². The van der Waals surface area contributed by atoms with Crippen LogP contribution in [0, 0.1) is 11.7 Å². The van der Waals surface area contributed by atoms with E-state index in [0.717, 1.165) is 35.5 Å². The van der Waals surface area contributed by atoms with Crippen LogP contribution in [-0.4, -0.2) is 16.9 Å². The molecule has 0 saturated carbocycles. The molecule has 1 aliphatic heterocycles. The van der Waals surface area contributed by atoms with Crippen LogP contribution in [0.5, 0.6) is 5.75 Å². The monoisotopic (exact) mass is 399 g/mol. The van der Waals surface area contributed by atoms with Crippen LogP contribution in [0.1, 0.15) is 39.7 Å². The van der Waals surface area contributed by atoms with E-state index in [-0.39, 0.29) is 11.9 Å². The second-order valence-corrected chi connectivity index (χ2v) is 7.79. The number of fused-ring (bicyclic) bond motifs is 1. The Morgan fingerprint density at radius 2 is 1.96 bits per heavy atom. The summed E-state index contributed by atoms with van der Waals surface area (Å²) < 4.78 is 19.5. The van der Waals surface area contributed by atoms with Gasteiger partial charge in [-0.1, -0.05) is 13.0 Å². The van der Waals surface area contributed by atoms with Gasteiger partial charge in [0.05, 0.1) is 17.5 Å². The number of anilines is 2. The standard InChI is InChI=1S/C22H26FN3OS/c1-13(2)27-21-11-9-16(23)12-20(21)26-22(28)25-19-7-5-6-18-17(19)10-8-14(3)15(4)24-18/h5-7,9,11-14H,8,10H2,1-4H3,(H2,25,26,28). The van der Waals surface area contributed by atoms with Gasteiger partial charge >= 0.3 is 0 Å². The molecule has 0 aliphatic carbocycles. The van der Waals surface area contributed by atoms with Gasteiger partial charge < -0.3 is 15.4 Å². The van der Waals surface area contributed by atoms with Gasteiger partial charge in [-0.2, -0.15) is 0 Å². The summed E-state index contributed by atoms with van der Waals surface area (Å²) in [6, 6.07) is 10.3. The maximum atomic E-state index is 13.7. The number of aliphatic imine (C=N–C) groups is 1. The van der Waals surface area contributed by atoms with Crippen molar-refractivity contribution in [2.24, 2.45) is 10.9 Å². The molecule has 1 atom stereocenters. The third kappa shape index (κ3) is 4.87. The van der Waals surface area contributed by atoms with Crippen molar-refractivity contribution in [2.75, 3.05) is 10.6 Å². The molecular formula is C22H26FN3OS. The molecule has 2 N–H and O–H groups in total. The number of hydrogen-bond donors (Lipinski definition) is 2. The highest BCUT2D eigenvalue weighted by atomic mass is 32.1. The average molecular weight is 400 g/mol. The fourth-order valence-electron chi connectivity index (χ4n) is 3.16. The Bertz CT molecular complexity index is 911. The lowest BCUT2D eigenvalue weighted by molar-refractivity contribution is 0.243. The minimum atomic E-state index is -0.353. The van der Waals surface area contributed by atoms with E-state index < -0.39 is 0 Å². The maximum absolute atomic E-state index is 13.7. The van der Waals surface area contributed by atoms with Crippen LogP contribution in [0.4, 0.5) is 21.5 Å². The van der Waals surface area contributed by atoms with E-state index >= 15 is 0 Å². The van der Waals surface area contributed by atoms with Gasteiger partial charge in [-0.05, 0) is 76.0 Å². The number of nitrogens with zero attached hydrogens (tertiary/aromatic N) is 1. The number of benzene rings is 2. The molecule has 0 radical (unpaired) electrons. The molecular weight excluding hydrogens is 373 g/mol. The van der Waals surface area contributed by atoms with Gasteiger partial charge in [0.2, 0.25) is 0 Å². The normalized spacial score (nSPS) is 16.1. The second-order valence-electron chi connectivity index (χ2n) is 7.38. The molecule has 0 fully saturated rings. The topological polar surface area (TPSA) is 45.7 Å². The summed E-state index contributed by atoms with van der Waals surface area (Å²) >= 11 is 5.48. The Morgan fingerprint density at radius 1 is 1.21 bits per heavy atom. The number of nitrogens with one attached hydrogen (secondary N) is 2. The summed E-state index contributed by atoms with van der Waals surface area (Å²) in [4.78, 5) is 4.77. The zero-order chi connectivity index (χ0) is 20.3. The molecule has 0 bridgehead atoms. The Balaban J connectivity index is 1.81. The fraction of sp³-hybridized carbons (Fsp3) is 0.364. The molecule has 4 nitrogen and oxygen atoms in total. The number of hydrogen-bond acceptors (Lipinski definition) is 3. The van der Waals surface area contributed by atoms with E-state index in [2.05, 4.69) is 24.5 Å². The third-order valence-electron chi connectivity index (χ3n) is 4.79. The fourth-order valence-corrected chi connectivity index (χ4v) is 3.38. The Hall–Kier alpha value is -2.47. The largest absolute Gasteiger partial charge is 0.489 e. The van der Waals surface area contributed by atoms with Crippen molar-refractivity contribution in [2.45, 2.75) is 46.6 Å². The Labute approximate surface area is 171 Å². The highest BCUT2D eigenvalue weighted by Crippen LogP contribution is 2.33. The molecule has 0 spiro atoms. The van der Waals surface area contributed by atoms with Gasteiger partial charge in [0.25, 0.3) is 0 Å². The van der Waals surface area contributed by atoms with Crippen molar-refractivity contribution in [3.8, 4) is 5.75 Å². The lowest BCUT2D eigenvalue weighted by Gasteiger charge is -2.18. The minimum Gasteiger partial charge on any atom is -0.489 e. The van der Waals surface area contributed by atoms with Crippen LogP contribution in [0.15, 0.2) is 41.4 Å². The number of halogens is 1. The first kappa shape index (κ1) is 20.3. The lowest BCUT2D eigenvalue weighted by Crippen LogP contribution is -2.21. The molecule has 28 heavy (non-hydrogen) atoms. The maximum Gasteiger partial charge on any atom is 0.175 e. The molecule has 3 rings (SSSR count). The molecule has 0 saturated heterocycles. The number of thiocarbonyl (C=S) groups is 1. The smallest absolute Gasteiger partial charge is 0.175 e. The number of ether oxygens (including phenoxy) is 1. The van der Waals surface area contributed by atoms with Gasteiger partial charge in [-0.15, -0.1) is 0 Å². The van der Waals surface area contributed by atoms with Crippen molar-refractivity contribution in [3.05, 3.63) is 47.8 Å². The predicted molar refractivity (Wildman–Crippen MR) is 119 cm³/mol. The van der Waals surface area contributed by atoms with Gasteiger partial charge in [0.15, 0.2) is 5.11 Å². The molecule has 0 amide bonds. The van der Waals surface area contributed by atoms with Crippen molar-refractivity contribution >= 4 is 40.1 Å². The van der Waals surface area contributed by atoms with E-state index in [9.17, 15) is 4.39 Å². The van der Waals surface area contributed by atoms with Crippen LogP contribution in [-0.2, 0) is 6.42 Å². The molecule has 1 unspecified atom stereocenters. The molecule has 6 heteroatoms. The van der Waals surface area contributed by atoms with Crippen LogP contribution >= 0.6 is 12.2 Å². The highest BCUT2D eigenvalue weighted by molar-refractivity contribution is 7.80. The summed E-state index contributed by atoms with van der Waals surface area (Å²) in [7, 11) is 0. The summed E-state index contributed by atoms with van der Waals surface area (Å²) in [6.45, 7) is 8.12. The first-order chi connectivity index (χ1) is 13.3. The Kier molecular flexibility index (Phi) is 6.29. The minimum absolute atomic E-state index is 0.0273. The van der Waals surface area contributed by atoms with Crippen molar-refractivity contribution < 1.29 is 9.13 Å². The number of rotatable bonds is 4. The average Bonchev–Trinajstić information content (AvgIpc) is 2.76. The SMILES string of the molecule is CC1=Nc2cccc(NC(=S)Nc3cc(F)ccc3OC(C)C)c2CCC1C. The molecule has 1 heterocycles. The summed E-state index contributed by atoms with van der Waals surface area (Å²) in [6.07, 6.45) is 1.93. The molecule has 2 aromatic rings. The third-order valence-corrected chi connectivity index (χ3v) is 4.99. The van der Waals surface area contributed by atoms with E-state index in [4.69, 9.17) is 21.9 Å². The van der Waals surface area contributed by atoms with Crippen LogP contribution in [0.25, 0.3) is 0 Å². The van der Waals surface area contributed by atoms with Crippen LogP contribution in [0.2, 0.25) is 0 Å². The zero-order valence-electron chi connectivity index (χ0n) is 16.7. The molecule has 0 aromatic heterocycles. The van der Waals surface area contributed by atoms with Gasteiger partial charge in [-0.25, -0.2) is 4.39 Å². The van der Waals surface area contributed by atoms with Crippen molar-refractivity contribution in [1.82, 2.24) is 0 Å². The molecule has 148 valence electrons. The van der Waals surface area contributed by atoms with Gasteiger partial charge in [0, 0.05) is 23.0 Å². The van der Waals surface area contributed by atoms with E-state index in [1.54, 1.807) is 6.07 Å². The second kappa shape index (κ2) is 8.69. The van der Waals surface area contributed by atoms with Crippen molar-refractivity contribution in [1.29, 1.82) is 0 Å². The zero-order valence-corrected chi connectivity index (χ0v) is 17.5. The first-order valence-electron chi connectivity index (χ1n) is 9.54. The first-order valence-corrected chi connectivity index (χ1v) is 9.95. The van der Waals surface area contributed by atoms with Gasteiger partial charge in [-0.3, -0.25) is 4.99 Å². The quantitative estimate of drug-likeness (QED) is 0.610. The summed E-state index contributed by atoms with van der Waals surface area (Å²) in [5.74, 6) is 0.656. The molecule has 2 aromatic carbocycles. The highest BCUT2D eigenvalue weighted by Gasteiger charge is 2.17. The van der Waals surface area contributed by atoms with E-state index in [0.29, 0.717) is 22.5 Å². The summed E-state index contributed by atoms with van der Waals surface area (Å²) in [5, 5.41) is 6.69. The van der Waals surface area contributed by atoms with Crippen LogP contribution < -0.4 is 15.4 Å². The van der Waals surface area contributed by atoms with Crippen molar-refractivity contribution in [3.63, 3.8) is 0 Å². The predicted octanol–water partition coefficient (Wildman–Crippen LogP) is 6.10. The van der Waals surface area contributed by atoms with Gasteiger partial charge in [0.1, 0.15) is 11.6 Å². The molecule has 1 aliphatic rings. The lowest BCUT2D eigenvalue weighted by atomic mass is 9.98. The Morgan fingerprint density at radius 3 is 2.71 bits per heavy atom.